The van der Waals surface area contributed by atoms with Crippen molar-refractivity contribution in [3.8, 4) is 0 Å². The summed E-state index contributed by atoms with van der Waals surface area (Å²) < 4.78 is 6.01. The smallest absolute Gasteiger partial charge is 0.338 e. The molecule has 0 spiro atoms. The SMILES string of the molecule is Cc1ccc(C(=O)C(C)OC(=O)c2ccc(N3C(=O)c4ccc(Br)cc4C3=O)cc2)cc1. The van der Waals surface area contributed by atoms with Gasteiger partial charge in [-0.05, 0) is 56.3 Å². The minimum atomic E-state index is -0.959. The molecule has 2 amide bonds. The second kappa shape index (κ2) is 8.51. The highest BCUT2D eigenvalue weighted by atomic mass is 79.9. The third-order valence-corrected chi connectivity index (χ3v) is 5.69. The Morgan fingerprint density at radius 3 is 2.09 bits per heavy atom. The lowest BCUT2D eigenvalue weighted by atomic mass is 10.1. The Balaban J connectivity index is 1.47. The molecule has 1 aliphatic heterocycles. The van der Waals surface area contributed by atoms with Crippen LogP contribution in [0.2, 0.25) is 0 Å². The van der Waals surface area contributed by atoms with Gasteiger partial charge >= 0.3 is 5.97 Å². The minimum absolute atomic E-state index is 0.205. The Morgan fingerprint density at radius 2 is 1.44 bits per heavy atom. The zero-order chi connectivity index (χ0) is 23.0. The number of Topliss-reactive ketones (excluding diaryl/α,β-unsaturated/α-hetero) is 1. The van der Waals surface area contributed by atoms with Gasteiger partial charge in [0.1, 0.15) is 0 Å². The van der Waals surface area contributed by atoms with E-state index in [0.29, 0.717) is 26.9 Å². The second-order valence-electron chi connectivity index (χ2n) is 7.46. The molecule has 0 saturated heterocycles. The highest BCUT2D eigenvalue weighted by molar-refractivity contribution is 9.10. The van der Waals surface area contributed by atoms with Gasteiger partial charge in [-0.3, -0.25) is 14.4 Å². The van der Waals surface area contributed by atoms with Crippen LogP contribution in [0.25, 0.3) is 0 Å². The first-order valence-corrected chi connectivity index (χ1v) is 10.7. The van der Waals surface area contributed by atoms with Gasteiger partial charge in [0.15, 0.2) is 6.10 Å². The summed E-state index contributed by atoms with van der Waals surface area (Å²) in [6.45, 7) is 3.44. The molecule has 0 fully saturated rings. The first kappa shape index (κ1) is 21.6. The van der Waals surface area contributed by atoms with Gasteiger partial charge in [-0.25, -0.2) is 9.69 Å². The van der Waals surface area contributed by atoms with Crippen molar-refractivity contribution in [3.63, 3.8) is 0 Å². The van der Waals surface area contributed by atoms with Gasteiger partial charge in [0.25, 0.3) is 11.8 Å². The molecule has 32 heavy (non-hydrogen) atoms. The Labute approximate surface area is 192 Å². The first-order chi connectivity index (χ1) is 15.3. The number of hydrogen-bond donors (Lipinski definition) is 0. The predicted molar refractivity (Wildman–Crippen MR) is 122 cm³/mol. The van der Waals surface area contributed by atoms with E-state index in [1.807, 2.05) is 19.1 Å². The third kappa shape index (κ3) is 3.99. The molecule has 1 unspecified atom stereocenters. The van der Waals surface area contributed by atoms with E-state index >= 15 is 0 Å². The number of aryl methyl sites for hydroxylation is 1. The molecule has 6 nitrogen and oxygen atoms in total. The summed E-state index contributed by atoms with van der Waals surface area (Å²) in [5.74, 6) is -1.83. The normalized spacial score (nSPS) is 13.7. The number of hydrogen-bond acceptors (Lipinski definition) is 5. The summed E-state index contributed by atoms with van der Waals surface area (Å²) >= 11 is 3.30. The number of nitrogens with zero attached hydrogens (tertiary/aromatic N) is 1. The summed E-state index contributed by atoms with van der Waals surface area (Å²) in [5.41, 5.74) is 2.67. The van der Waals surface area contributed by atoms with Gasteiger partial charge in [0.2, 0.25) is 5.78 Å². The molecule has 0 aliphatic carbocycles. The van der Waals surface area contributed by atoms with E-state index in [-0.39, 0.29) is 11.3 Å². The number of amides is 2. The van der Waals surface area contributed by atoms with Gasteiger partial charge in [-0.2, -0.15) is 0 Å². The number of halogens is 1. The zero-order valence-electron chi connectivity index (χ0n) is 17.3. The molecular formula is C25H18BrNO5. The highest BCUT2D eigenvalue weighted by Gasteiger charge is 2.36. The van der Waals surface area contributed by atoms with E-state index in [0.717, 1.165) is 10.5 Å². The maximum Gasteiger partial charge on any atom is 0.338 e. The molecule has 0 radical (unpaired) electrons. The number of ketones is 1. The number of ether oxygens (including phenoxy) is 1. The standard InChI is InChI=1S/C25H18BrNO5/c1-14-3-5-16(6-4-14)22(28)15(2)32-25(31)17-7-10-19(11-8-17)27-23(29)20-12-9-18(26)13-21(20)24(27)30/h3-13,15H,1-2H3. The topological polar surface area (TPSA) is 80.8 Å². The summed E-state index contributed by atoms with van der Waals surface area (Å²) in [6, 6.07) is 17.8. The van der Waals surface area contributed by atoms with Gasteiger partial charge in [-0.1, -0.05) is 45.8 Å². The van der Waals surface area contributed by atoms with Gasteiger partial charge < -0.3 is 4.74 Å². The quantitative estimate of drug-likeness (QED) is 0.285. The van der Waals surface area contributed by atoms with Gasteiger partial charge in [-0.15, -0.1) is 0 Å². The zero-order valence-corrected chi connectivity index (χ0v) is 18.9. The van der Waals surface area contributed by atoms with Crippen molar-refractivity contribution < 1.29 is 23.9 Å². The Kier molecular flexibility index (Phi) is 5.76. The van der Waals surface area contributed by atoms with Gasteiger partial charge in [0, 0.05) is 10.0 Å². The number of carbonyl (C=O) groups is 4. The lowest BCUT2D eigenvalue weighted by Crippen LogP contribution is -2.29. The van der Waals surface area contributed by atoms with Crippen LogP contribution in [0.5, 0.6) is 0 Å². The van der Waals surface area contributed by atoms with Crippen LogP contribution in [0.1, 0.15) is 53.9 Å². The van der Waals surface area contributed by atoms with Crippen LogP contribution < -0.4 is 4.90 Å². The van der Waals surface area contributed by atoms with Crippen molar-refractivity contribution in [2.24, 2.45) is 0 Å². The van der Waals surface area contributed by atoms with Crippen LogP contribution in [-0.2, 0) is 4.74 Å². The average molecular weight is 492 g/mol. The first-order valence-electron chi connectivity index (χ1n) is 9.86. The van der Waals surface area contributed by atoms with Crippen molar-refractivity contribution >= 4 is 45.2 Å². The fourth-order valence-corrected chi connectivity index (χ4v) is 3.79. The van der Waals surface area contributed by atoms with Crippen LogP contribution >= 0.6 is 15.9 Å². The van der Waals surface area contributed by atoms with Crippen LogP contribution in [0.4, 0.5) is 5.69 Å². The van der Waals surface area contributed by atoms with Crippen molar-refractivity contribution in [1.82, 2.24) is 0 Å². The molecule has 1 heterocycles. The van der Waals surface area contributed by atoms with Crippen molar-refractivity contribution in [3.05, 3.63) is 99.0 Å². The van der Waals surface area contributed by atoms with Crippen LogP contribution in [0, 0.1) is 6.92 Å². The lowest BCUT2D eigenvalue weighted by molar-refractivity contribution is 0.0319. The van der Waals surface area contributed by atoms with Gasteiger partial charge in [0.05, 0.1) is 22.4 Å². The molecule has 0 aromatic heterocycles. The molecule has 3 aromatic rings. The summed E-state index contributed by atoms with van der Waals surface area (Å²) in [6.07, 6.45) is -0.959. The Morgan fingerprint density at radius 1 is 0.844 bits per heavy atom. The van der Waals surface area contributed by atoms with E-state index in [1.54, 1.807) is 30.3 Å². The Bertz CT molecular complexity index is 1250. The summed E-state index contributed by atoms with van der Waals surface area (Å²) in [4.78, 5) is 51.4. The second-order valence-corrected chi connectivity index (χ2v) is 8.38. The van der Waals surface area contributed by atoms with E-state index < -0.39 is 23.9 Å². The third-order valence-electron chi connectivity index (χ3n) is 5.20. The predicted octanol–water partition coefficient (Wildman–Crippen LogP) is 4.99. The van der Waals surface area contributed by atoms with Crippen LogP contribution in [0.15, 0.2) is 71.2 Å². The van der Waals surface area contributed by atoms with Crippen molar-refractivity contribution in [2.75, 3.05) is 4.90 Å². The molecule has 0 bridgehead atoms. The maximum absolute atomic E-state index is 12.7. The average Bonchev–Trinajstić information content (AvgIpc) is 3.03. The summed E-state index contributed by atoms with van der Waals surface area (Å²) in [5, 5.41) is 0. The number of anilines is 1. The number of fused-ring (bicyclic) bond motifs is 1. The maximum atomic E-state index is 12.7. The molecule has 7 heteroatoms. The molecule has 0 saturated carbocycles. The molecular weight excluding hydrogens is 474 g/mol. The van der Waals surface area contributed by atoms with Crippen LogP contribution in [0.3, 0.4) is 0 Å². The van der Waals surface area contributed by atoms with Crippen molar-refractivity contribution in [2.45, 2.75) is 20.0 Å². The fraction of sp³-hybridized carbons (Fsp3) is 0.120. The number of imide groups is 1. The van der Waals surface area contributed by atoms with E-state index in [1.165, 1.54) is 31.2 Å². The Hall–Kier alpha value is -3.58. The molecule has 1 atom stereocenters. The minimum Gasteiger partial charge on any atom is -0.451 e. The number of rotatable bonds is 5. The monoisotopic (exact) mass is 491 g/mol. The largest absolute Gasteiger partial charge is 0.451 e. The number of carbonyl (C=O) groups excluding carboxylic acids is 4. The summed E-state index contributed by atoms with van der Waals surface area (Å²) in [7, 11) is 0. The molecule has 0 N–H and O–H groups in total. The highest BCUT2D eigenvalue weighted by Crippen LogP contribution is 2.30. The van der Waals surface area contributed by atoms with E-state index in [4.69, 9.17) is 4.74 Å². The fourth-order valence-electron chi connectivity index (χ4n) is 3.43. The molecule has 3 aromatic carbocycles. The molecule has 1 aliphatic rings. The van der Waals surface area contributed by atoms with Crippen molar-refractivity contribution in [1.29, 1.82) is 0 Å². The number of benzene rings is 3. The number of esters is 1. The van der Waals surface area contributed by atoms with E-state index in [2.05, 4.69) is 15.9 Å². The lowest BCUT2D eigenvalue weighted by Gasteiger charge is -2.15. The molecule has 4 rings (SSSR count). The van der Waals surface area contributed by atoms with E-state index in [9.17, 15) is 19.2 Å². The van der Waals surface area contributed by atoms with Crippen LogP contribution in [-0.4, -0.2) is 29.7 Å². The molecule has 160 valence electrons.